The zero-order valence-electron chi connectivity index (χ0n) is 11.0. The molecule has 1 aliphatic rings. The van der Waals surface area contributed by atoms with E-state index in [1.165, 1.54) is 0 Å². The molecule has 0 aromatic carbocycles. The molecule has 5 heteroatoms. The van der Waals surface area contributed by atoms with Crippen molar-refractivity contribution in [1.29, 1.82) is 0 Å². The van der Waals surface area contributed by atoms with Crippen LogP contribution in [-0.2, 0) is 9.53 Å². The number of hydrogen-bond donors (Lipinski definition) is 1. The van der Waals surface area contributed by atoms with Gasteiger partial charge in [0.05, 0.1) is 13.2 Å². The SMILES string of the molecule is CCN(CCOC)C(=O)CN1CCC(N)CC1. The van der Waals surface area contributed by atoms with Crippen molar-refractivity contribution in [1.82, 2.24) is 9.80 Å². The summed E-state index contributed by atoms with van der Waals surface area (Å²) in [6.45, 7) is 6.42. The Morgan fingerprint density at radius 1 is 1.47 bits per heavy atom. The zero-order valence-corrected chi connectivity index (χ0v) is 11.0. The highest BCUT2D eigenvalue weighted by atomic mass is 16.5. The molecular weight excluding hydrogens is 218 g/mol. The number of carbonyl (C=O) groups is 1. The largest absolute Gasteiger partial charge is 0.383 e. The first-order chi connectivity index (χ1) is 8.17. The van der Waals surface area contributed by atoms with Gasteiger partial charge in [0.25, 0.3) is 0 Å². The van der Waals surface area contributed by atoms with Gasteiger partial charge >= 0.3 is 0 Å². The number of methoxy groups -OCH3 is 1. The molecule has 0 aromatic heterocycles. The van der Waals surface area contributed by atoms with Crippen molar-refractivity contribution in [3.63, 3.8) is 0 Å². The lowest BCUT2D eigenvalue weighted by Gasteiger charge is -2.31. The summed E-state index contributed by atoms with van der Waals surface area (Å²) in [5.41, 5.74) is 5.84. The molecule has 0 bridgehead atoms. The molecule has 1 amide bonds. The third-order valence-corrected chi connectivity index (χ3v) is 3.29. The Morgan fingerprint density at radius 2 is 2.12 bits per heavy atom. The molecule has 0 saturated carbocycles. The molecule has 0 aromatic rings. The molecule has 100 valence electrons. The maximum absolute atomic E-state index is 12.0. The summed E-state index contributed by atoms with van der Waals surface area (Å²) in [5, 5.41) is 0. The van der Waals surface area contributed by atoms with Crippen LogP contribution < -0.4 is 5.73 Å². The van der Waals surface area contributed by atoms with E-state index in [9.17, 15) is 4.79 Å². The Labute approximate surface area is 104 Å². The minimum absolute atomic E-state index is 0.194. The van der Waals surface area contributed by atoms with E-state index < -0.39 is 0 Å². The van der Waals surface area contributed by atoms with E-state index in [2.05, 4.69) is 4.90 Å². The number of rotatable bonds is 6. The molecule has 1 aliphatic heterocycles. The van der Waals surface area contributed by atoms with Gasteiger partial charge in [-0.1, -0.05) is 0 Å². The molecule has 0 atom stereocenters. The van der Waals surface area contributed by atoms with Gasteiger partial charge in [0.15, 0.2) is 0 Å². The highest BCUT2D eigenvalue weighted by Crippen LogP contribution is 2.08. The molecular formula is C12H25N3O2. The van der Waals surface area contributed by atoms with Crippen LogP contribution in [0.5, 0.6) is 0 Å². The Kier molecular flexibility index (Phi) is 6.47. The molecule has 1 saturated heterocycles. The van der Waals surface area contributed by atoms with Crippen LogP contribution in [0.3, 0.4) is 0 Å². The Hall–Kier alpha value is -0.650. The highest BCUT2D eigenvalue weighted by molar-refractivity contribution is 5.78. The zero-order chi connectivity index (χ0) is 12.7. The summed E-state index contributed by atoms with van der Waals surface area (Å²) in [6, 6.07) is 0.317. The van der Waals surface area contributed by atoms with Crippen molar-refractivity contribution in [2.24, 2.45) is 5.73 Å². The molecule has 2 N–H and O–H groups in total. The number of amides is 1. The predicted octanol–water partition coefficient (Wildman–Crippen LogP) is -0.0956. The van der Waals surface area contributed by atoms with Gasteiger partial charge in [-0.3, -0.25) is 9.69 Å². The normalized spacial score (nSPS) is 18.3. The summed E-state index contributed by atoms with van der Waals surface area (Å²) in [7, 11) is 1.66. The lowest BCUT2D eigenvalue weighted by Crippen LogP contribution is -2.46. The van der Waals surface area contributed by atoms with Crippen LogP contribution >= 0.6 is 0 Å². The summed E-state index contributed by atoms with van der Waals surface area (Å²) in [6.07, 6.45) is 1.99. The van der Waals surface area contributed by atoms with Gasteiger partial charge < -0.3 is 15.4 Å². The number of hydrogen-bond acceptors (Lipinski definition) is 4. The molecule has 0 radical (unpaired) electrons. The average Bonchev–Trinajstić information content (AvgIpc) is 2.33. The highest BCUT2D eigenvalue weighted by Gasteiger charge is 2.20. The van der Waals surface area contributed by atoms with Gasteiger partial charge in [-0.2, -0.15) is 0 Å². The third kappa shape index (κ3) is 5.02. The second-order valence-corrected chi connectivity index (χ2v) is 4.58. The first-order valence-corrected chi connectivity index (χ1v) is 6.42. The van der Waals surface area contributed by atoms with Gasteiger partial charge in [-0.15, -0.1) is 0 Å². The summed E-state index contributed by atoms with van der Waals surface area (Å²) in [5.74, 6) is 0.194. The fourth-order valence-corrected chi connectivity index (χ4v) is 2.06. The lowest BCUT2D eigenvalue weighted by molar-refractivity contribution is -0.133. The Balaban J connectivity index is 2.31. The van der Waals surface area contributed by atoms with Crippen LogP contribution in [0.25, 0.3) is 0 Å². The van der Waals surface area contributed by atoms with E-state index in [4.69, 9.17) is 10.5 Å². The predicted molar refractivity (Wildman–Crippen MR) is 67.8 cm³/mol. The first kappa shape index (κ1) is 14.4. The fraction of sp³-hybridized carbons (Fsp3) is 0.917. The Bertz CT molecular complexity index is 228. The van der Waals surface area contributed by atoms with Crippen LogP contribution in [-0.4, -0.2) is 68.2 Å². The Morgan fingerprint density at radius 3 is 2.65 bits per heavy atom. The standard InChI is InChI=1S/C12H25N3O2/c1-3-15(8-9-17-2)12(16)10-14-6-4-11(13)5-7-14/h11H,3-10,13H2,1-2H3. The number of nitrogens with zero attached hydrogens (tertiary/aromatic N) is 2. The number of carbonyl (C=O) groups excluding carboxylic acids is 1. The minimum atomic E-state index is 0.194. The van der Waals surface area contributed by atoms with Crippen LogP contribution in [0.4, 0.5) is 0 Å². The van der Waals surface area contributed by atoms with E-state index in [-0.39, 0.29) is 5.91 Å². The minimum Gasteiger partial charge on any atom is -0.383 e. The van der Waals surface area contributed by atoms with Gasteiger partial charge in [-0.25, -0.2) is 0 Å². The molecule has 0 unspecified atom stereocenters. The fourth-order valence-electron chi connectivity index (χ4n) is 2.06. The van der Waals surface area contributed by atoms with Crippen LogP contribution in [0, 0.1) is 0 Å². The van der Waals surface area contributed by atoms with Crippen LogP contribution in [0.15, 0.2) is 0 Å². The van der Waals surface area contributed by atoms with Crippen LogP contribution in [0.2, 0.25) is 0 Å². The first-order valence-electron chi connectivity index (χ1n) is 6.42. The molecule has 0 aliphatic carbocycles. The summed E-state index contributed by atoms with van der Waals surface area (Å²) >= 11 is 0. The van der Waals surface area contributed by atoms with E-state index in [0.29, 0.717) is 25.7 Å². The van der Waals surface area contributed by atoms with E-state index in [1.807, 2.05) is 11.8 Å². The maximum Gasteiger partial charge on any atom is 0.236 e. The molecule has 1 heterocycles. The van der Waals surface area contributed by atoms with Crippen molar-refractivity contribution < 1.29 is 9.53 Å². The van der Waals surface area contributed by atoms with Crippen molar-refractivity contribution in [2.75, 3.05) is 46.4 Å². The number of likely N-dealkylation sites (N-methyl/N-ethyl adjacent to an activating group) is 1. The number of nitrogens with two attached hydrogens (primary N) is 1. The van der Waals surface area contributed by atoms with Crippen molar-refractivity contribution in [3.8, 4) is 0 Å². The van der Waals surface area contributed by atoms with Gasteiger partial charge in [0, 0.05) is 39.3 Å². The topological polar surface area (TPSA) is 58.8 Å². The van der Waals surface area contributed by atoms with Crippen molar-refractivity contribution in [3.05, 3.63) is 0 Å². The number of ether oxygens (including phenoxy) is 1. The number of likely N-dealkylation sites (tertiary alicyclic amines) is 1. The third-order valence-electron chi connectivity index (χ3n) is 3.29. The lowest BCUT2D eigenvalue weighted by atomic mass is 10.1. The maximum atomic E-state index is 12.0. The van der Waals surface area contributed by atoms with Gasteiger partial charge in [0.1, 0.15) is 0 Å². The van der Waals surface area contributed by atoms with Gasteiger partial charge in [-0.05, 0) is 19.8 Å². The molecule has 0 spiro atoms. The smallest absolute Gasteiger partial charge is 0.236 e. The van der Waals surface area contributed by atoms with Gasteiger partial charge in [0.2, 0.25) is 5.91 Å². The quantitative estimate of drug-likeness (QED) is 0.708. The molecule has 5 nitrogen and oxygen atoms in total. The molecule has 1 rings (SSSR count). The van der Waals surface area contributed by atoms with Crippen molar-refractivity contribution in [2.45, 2.75) is 25.8 Å². The van der Waals surface area contributed by atoms with Crippen LogP contribution in [0.1, 0.15) is 19.8 Å². The second-order valence-electron chi connectivity index (χ2n) is 4.58. The van der Waals surface area contributed by atoms with E-state index >= 15 is 0 Å². The molecule has 1 fully saturated rings. The van der Waals surface area contributed by atoms with E-state index in [1.54, 1.807) is 7.11 Å². The van der Waals surface area contributed by atoms with Crippen molar-refractivity contribution >= 4 is 5.91 Å². The second kappa shape index (κ2) is 7.63. The van der Waals surface area contributed by atoms with E-state index in [0.717, 1.165) is 32.5 Å². The summed E-state index contributed by atoms with van der Waals surface area (Å²) < 4.78 is 5.00. The average molecular weight is 243 g/mol. The monoisotopic (exact) mass is 243 g/mol. The number of piperidine rings is 1. The summed E-state index contributed by atoms with van der Waals surface area (Å²) in [4.78, 5) is 16.1. The molecule has 17 heavy (non-hydrogen) atoms.